The molecule has 0 amide bonds. The van der Waals surface area contributed by atoms with Gasteiger partial charge in [0.1, 0.15) is 5.75 Å². The highest BCUT2D eigenvalue weighted by molar-refractivity contribution is 7.89. The normalized spacial score (nSPS) is 12.9. The van der Waals surface area contributed by atoms with Crippen LogP contribution in [0.3, 0.4) is 0 Å². The van der Waals surface area contributed by atoms with E-state index in [1.165, 1.54) is 6.07 Å². The van der Waals surface area contributed by atoms with Crippen molar-refractivity contribution in [3.63, 3.8) is 0 Å². The number of halogens is 1. The van der Waals surface area contributed by atoms with Crippen LogP contribution in [0.25, 0.3) is 0 Å². The van der Waals surface area contributed by atoms with Crippen molar-refractivity contribution >= 4 is 21.6 Å². The SMILES string of the molecule is COc1ccc(C)cc1C(C)NS(=O)(=O)c1ccc(C)c(Cl)c1. The first-order chi connectivity index (χ1) is 10.7. The largest absolute Gasteiger partial charge is 0.496 e. The van der Waals surface area contributed by atoms with Crippen LogP contribution in [0, 0.1) is 13.8 Å². The highest BCUT2D eigenvalue weighted by Crippen LogP contribution is 2.28. The van der Waals surface area contributed by atoms with Crippen molar-refractivity contribution in [3.8, 4) is 5.75 Å². The molecule has 2 aromatic carbocycles. The molecule has 1 N–H and O–H groups in total. The van der Waals surface area contributed by atoms with E-state index in [2.05, 4.69) is 4.72 Å². The maximum Gasteiger partial charge on any atom is 0.241 e. The molecule has 0 saturated heterocycles. The summed E-state index contributed by atoms with van der Waals surface area (Å²) >= 11 is 6.03. The molecule has 0 aliphatic carbocycles. The van der Waals surface area contributed by atoms with Crippen molar-refractivity contribution in [2.45, 2.75) is 31.7 Å². The molecule has 0 spiro atoms. The summed E-state index contributed by atoms with van der Waals surface area (Å²) in [6.07, 6.45) is 0. The van der Waals surface area contributed by atoms with E-state index in [0.29, 0.717) is 10.8 Å². The van der Waals surface area contributed by atoms with Gasteiger partial charge in [0, 0.05) is 16.6 Å². The fourth-order valence-corrected chi connectivity index (χ4v) is 3.79. The first kappa shape index (κ1) is 17.8. The lowest BCUT2D eigenvalue weighted by atomic mass is 10.1. The summed E-state index contributed by atoms with van der Waals surface area (Å²) in [6.45, 7) is 5.56. The van der Waals surface area contributed by atoms with Gasteiger partial charge in [-0.25, -0.2) is 13.1 Å². The van der Waals surface area contributed by atoms with Crippen LogP contribution in [-0.4, -0.2) is 15.5 Å². The standard InChI is InChI=1S/C17H20ClNO3S/c1-11-5-8-17(22-4)15(9-11)13(3)19-23(20,21)14-7-6-12(2)16(18)10-14/h5-10,13,19H,1-4H3. The Morgan fingerprint density at radius 3 is 2.43 bits per heavy atom. The zero-order valence-electron chi connectivity index (χ0n) is 13.6. The fraction of sp³-hybridized carbons (Fsp3) is 0.294. The van der Waals surface area contributed by atoms with E-state index in [9.17, 15) is 8.42 Å². The van der Waals surface area contributed by atoms with Crippen molar-refractivity contribution in [1.82, 2.24) is 4.72 Å². The zero-order valence-corrected chi connectivity index (χ0v) is 15.1. The van der Waals surface area contributed by atoms with Crippen LogP contribution in [0.2, 0.25) is 5.02 Å². The molecule has 4 nitrogen and oxygen atoms in total. The van der Waals surface area contributed by atoms with Crippen LogP contribution in [0.5, 0.6) is 5.75 Å². The van der Waals surface area contributed by atoms with Gasteiger partial charge in [-0.1, -0.05) is 35.4 Å². The lowest BCUT2D eigenvalue weighted by Gasteiger charge is -2.18. The third-order valence-corrected chi connectivity index (χ3v) is 5.58. The molecule has 6 heteroatoms. The number of ether oxygens (including phenoxy) is 1. The molecule has 0 aliphatic rings. The molecule has 0 radical (unpaired) electrons. The predicted molar refractivity (Wildman–Crippen MR) is 92.7 cm³/mol. The molecule has 1 atom stereocenters. The van der Waals surface area contributed by atoms with Crippen molar-refractivity contribution < 1.29 is 13.2 Å². The van der Waals surface area contributed by atoms with Gasteiger partial charge in [0.2, 0.25) is 10.0 Å². The van der Waals surface area contributed by atoms with E-state index in [1.807, 2.05) is 32.0 Å². The fourth-order valence-electron chi connectivity index (χ4n) is 2.30. The van der Waals surface area contributed by atoms with Gasteiger partial charge in [-0.3, -0.25) is 0 Å². The Labute approximate surface area is 142 Å². The first-order valence-corrected chi connectivity index (χ1v) is 9.03. The van der Waals surface area contributed by atoms with Crippen LogP contribution in [0.1, 0.15) is 29.7 Å². The Bertz CT molecular complexity index is 819. The molecule has 0 bridgehead atoms. The summed E-state index contributed by atoms with van der Waals surface area (Å²) < 4.78 is 33.1. The minimum Gasteiger partial charge on any atom is -0.496 e. The molecule has 2 aromatic rings. The molecule has 0 aromatic heterocycles. The minimum atomic E-state index is -3.67. The molecule has 2 rings (SSSR count). The van der Waals surface area contributed by atoms with E-state index >= 15 is 0 Å². The van der Waals surface area contributed by atoms with Crippen LogP contribution in [0.15, 0.2) is 41.3 Å². The molecular weight excluding hydrogens is 334 g/mol. The maximum absolute atomic E-state index is 12.6. The van der Waals surface area contributed by atoms with E-state index in [1.54, 1.807) is 26.2 Å². The lowest BCUT2D eigenvalue weighted by Crippen LogP contribution is -2.27. The van der Waals surface area contributed by atoms with Crippen LogP contribution in [-0.2, 0) is 10.0 Å². The molecule has 1 unspecified atom stereocenters. The average Bonchev–Trinajstić information content (AvgIpc) is 2.49. The van der Waals surface area contributed by atoms with Gasteiger partial charge in [-0.15, -0.1) is 0 Å². The number of hydrogen-bond acceptors (Lipinski definition) is 3. The minimum absolute atomic E-state index is 0.145. The van der Waals surface area contributed by atoms with Gasteiger partial charge in [-0.2, -0.15) is 0 Å². The predicted octanol–water partition coefficient (Wildman–Crippen LogP) is 4.00. The van der Waals surface area contributed by atoms with E-state index < -0.39 is 16.1 Å². The first-order valence-electron chi connectivity index (χ1n) is 7.17. The van der Waals surface area contributed by atoms with Gasteiger partial charge in [-0.05, 0) is 44.5 Å². The Balaban J connectivity index is 2.33. The highest BCUT2D eigenvalue weighted by atomic mass is 35.5. The monoisotopic (exact) mass is 353 g/mol. The summed E-state index contributed by atoms with van der Waals surface area (Å²) in [6, 6.07) is 9.92. The molecule has 0 saturated carbocycles. The number of sulfonamides is 1. The van der Waals surface area contributed by atoms with Gasteiger partial charge < -0.3 is 4.74 Å². The third-order valence-electron chi connectivity index (χ3n) is 3.64. The summed E-state index contributed by atoms with van der Waals surface area (Å²) in [5, 5.41) is 0.425. The number of hydrogen-bond donors (Lipinski definition) is 1. The lowest BCUT2D eigenvalue weighted by molar-refractivity contribution is 0.405. The van der Waals surface area contributed by atoms with Gasteiger partial charge in [0.25, 0.3) is 0 Å². The summed E-state index contributed by atoms with van der Waals surface area (Å²) in [5.74, 6) is 0.646. The molecule has 124 valence electrons. The van der Waals surface area contributed by atoms with Crippen LogP contribution < -0.4 is 9.46 Å². The Morgan fingerprint density at radius 1 is 1.13 bits per heavy atom. The van der Waals surface area contributed by atoms with E-state index in [4.69, 9.17) is 16.3 Å². The average molecular weight is 354 g/mol. The quantitative estimate of drug-likeness (QED) is 0.883. The molecular formula is C17H20ClNO3S. The summed E-state index contributed by atoms with van der Waals surface area (Å²) in [5.41, 5.74) is 2.65. The smallest absolute Gasteiger partial charge is 0.241 e. The van der Waals surface area contributed by atoms with Crippen molar-refractivity contribution in [2.24, 2.45) is 0 Å². The zero-order chi connectivity index (χ0) is 17.2. The second-order valence-corrected chi connectivity index (χ2v) is 7.62. The number of rotatable bonds is 5. The molecule has 0 heterocycles. The second kappa shape index (κ2) is 6.91. The van der Waals surface area contributed by atoms with Crippen LogP contribution in [0.4, 0.5) is 0 Å². The highest BCUT2D eigenvalue weighted by Gasteiger charge is 2.21. The number of methoxy groups -OCH3 is 1. The number of aryl methyl sites for hydroxylation is 2. The molecule has 23 heavy (non-hydrogen) atoms. The van der Waals surface area contributed by atoms with Crippen molar-refractivity contribution in [1.29, 1.82) is 0 Å². The molecule has 0 fully saturated rings. The summed E-state index contributed by atoms with van der Waals surface area (Å²) in [4.78, 5) is 0.145. The van der Waals surface area contributed by atoms with Gasteiger partial charge in [0.05, 0.1) is 12.0 Å². The second-order valence-electron chi connectivity index (χ2n) is 5.50. The number of nitrogens with one attached hydrogen (secondary N) is 1. The Hall–Kier alpha value is -1.56. The van der Waals surface area contributed by atoms with E-state index in [-0.39, 0.29) is 4.90 Å². The Kier molecular flexibility index (Phi) is 5.34. The topological polar surface area (TPSA) is 55.4 Å². The molecule has 0 aliphatic heterocycles. The van der Waals surface area contributed by atoms with E-state index in [0.717, 1.165) is 16.7 Å². The maximum atomic E-state index is 12.6. The van der Waals surface area contributed by atoms with Crippen LogP contribution >= 0.6 is 11.6 Å². The third kappa shape index (κ3) is 4.05. The van der Waals surface area contributed by atoms with Gasteiger partial charge in [0.15, 0.2) is 0 Å². The summed E-state index contributed by atoms with van der Waals surface area (Å²) in [7, 11) is -2.11. The Morgan fingerprint density at radius 2 is 1.83 bits per heavy atom. The number of benzene rings is 2. The van der Waals surface area contributed by atoms with Gasteiger partial charge >= 0.3 is 0 Å². The van der Waals surface area contributed by atoms with Crippen molar-refractivity contribution in [3.05, 3.63) is 58.1 Å². The van der Waals surface area contributed by atoms with Crippen molar-refractivity contribution in [2.75, 3.05) is 7.11 Å².